The standard InChI is InChI=1S/C19H21F2NO2/c1-14(9-15-5-3-2-4-6-15)11-22-12-16(23)13-24-17-7-8-18(20)19(21)10-17/h2-10,16,22-23H,11-13H2,1H3/b14-9-. The van der Waals surface area contributed by atoms with Gasteiger partial charge in [0, 0.05) is 19.2 Å². The summed E-state index contributed by atoms with van der Waals surface area (Å²) in [6, 6.07) is 13.2. The molecule has 0 spiro atoms. The van der Waals surface area contributed by atoms with E-state index in [4.69, 9.17) is 4.74 Å². The first-order chi connectivity index (χ1) is 11.5. The normalized spacial score (nSPS) is 12.9. The highest BCUT2D eigenvalue weighted by Crippen LogP contribution is 2.15. The van der Waals surface area contributed by atoms with E-state index in [2.05, 4.69) is 11.4 Å². The molecule has 2 aromatic carbocycles. The maximum atomic E-state index is 13.0. The molecule has 3 nitrogen and oxygen atoms in total. The first-order valence-corrected chi connectivity index (χ1v) is 7.73. The molecule has 0 radical (unpaired) electrons. The molecule has 2 aromatic rings. The molecule has 1 unspecified atom stereocenters. The number of rotatable bonds is 8. The predicted octanol–water partition coefficient (Wildman–Crippen LogP) is 3.40. The SMILES string of the molecule is C/C(=C/c1ccccc1)CNCC(O)COc1ccc(F)c(F)c1. The van der Waals surface area contributed by atoms with Gasteiger partial charge in [0.05, 0.1) is 0 Å². The van der Waals surface area contributed by atoms with Crippen LogP contribution in [0.15, 0.2) is 54.1 Å². The number of benzene rings is 2. The summed E-state index contributed by atoms with van der Waals surface area (Å²) in [5.41, 5.74) is 2.26. The van der Waals surface area contributed by atoms with Gasteiger partial charge in [0.15, 0.2) is 11.6 Å². The van der Waals surface area contributed by atoms with Gasteiger partial charge in [0.2, 0.25) is 0 Å². The average molecular weight is 333 g/mol. The third kappa shape index (κ3) is 6.10. The maximum absolute atomic E-state index is 13.0. The highest BCUT2D eigenvalue weighted by atomic mass is 19.2. The molecular weight excluding hydrogens is 312 g/mol. The third-order valence-corrected chi connectivity index (χ3v) is 3.33. The number of aliphatic hydroxyl groups excluding tert-OH is 1. The van der Waals surface area contributed by atoms with Crippen molar-refractivity contribution in [3.63, 3.8) is 0 Å². The van der Waals surface area contributed by atoms with Gasteiger partial charge < -0.3 is 15.2 Å². The molecule has 0 bridgehead atoms. The molecule has 0 aliphatic heterocycles. The smallest absolute Gasteiger partial charge is 0.162 e. The van der Waals surface area contributed by atoms with Gasteiger partial charge in [-0.25, -0.2) is 8.78 Å². The van der Waals surface area contributed by atoms with Crippen LogP contribution in [0.5, 0.6) is 5.75 Å². The van der Waals surface area contributed by atoms with Crippen molar-refractivity contribution in [2.45, 2.75) is 13.0 Å². The molecule has 0 amide bonds. The topological polar surface area (TPSA) is 41.5 Å². The molecule has 2 rings (SSSR count). The lowest BCUT2D eigenvalue weighted by Gasteiger charge is -2.13. The van der Waals surface area contributed by atoms with Crippen molar-refractivity contribution < 1.29 is 18.6 Å². The average Bonchev–Trinajstić information content (AvgIpc) is 2.57. The third-order valence-electron chi connectivity index (χ3n) is 3.33. The van der Waals surface area contributed by atoms with E-state index in [-0.39, 0.29) is 12.4 Å². The number of hydrogen-bond donors (Lipinski definition) is 2. The molecular formula is C19H21F2NO2. The Morgan fingerprint density at radius 3 is 2.62 bits per heavy atom. The Hall–Kier alpha value is -2.24. The van der Waals surface area contributed by atoms with Crippen molar-refractivity contribution in [2.24, 2.45) is 0 Å². The number of nitrogens with one attached hydrogen (secondary N) is 1. The molecule has 0 heterocycles. The van der Waals surface area contributed by atoms with Crippen LogP contribution in [0, 0.1) is 11.6 Å². The highest BCUT2D eigenvalue weighted by Gasteiger charge is 2.07. The van der Waals surface area contributed by atoms with Gasteiger partial charge >= 0.3 is 0 Å². The second kappa shape index (κ2) is 9.15. The van der Waals surface area contributed by atoms with Gasteiger partial charge in [-0.05, 0) is 24.6 Å². The molecule has 1 atom stereocenters. The molecule has 2 N–H and O–H groups in total. The van der Waals surface area contributed by atoms with E-state index in [0.29, 0.717) is 13.1 Å². The van der Waals surface area contributed by atoms with Crippen molar-refractivity contribution in [3.05, 3.63) is 71.3 Å². The quantitative estimate of drug-likeness (QED) is 0.778. The Morgan fingerprint density at radius 1 is 1.17 bits per heavy atom. The van der Waals surface area contributed by atoms with Crippen LogP contribution in [-0.4, -0.2) is 30.9 Å². The summed E-state index contributed by atoms with van der Waals surface area (Å²) in [6.07, 6.45) is 1.32. The summed E-state index contributed by atoms with van der Waals surface area (Å²) in [5, 5.41) is 13.0. The van der Waals surface area contributed by atoms with Crippen LogP contribution in [0.3, 0.4) is 0 Å². The lowest BCUT2D eigenvalue weighted by atomic mass is 10.1. The Labute approximate surface area is 140 Å². The van der Waals surface area contributed by atoms with Crippen LogP contribution in [0.1, 0.15) is 12.5 Å². The second-order valence-corrected chi connectivity index (χ2v) is 5.57. The first kappa shape index (κ1) is 18.1. The van der Waals surface area contributed by atoms with Gasteiger partial charge in [-0.2, -0.15) is 0 Å². The molecule has 0 saturated carbocycles. The molecule has 24 heavy (non-hydrogen) atoms. The van der Waals surface area contributed by atoms with Gasteiger partial charge in [-0.3, -0.25) is 0 Å². The summed E-state index contributed by atoms with van der Waals surface area (Å²) in [7, 11) is 0. The van der Waals surface area contributed by atoms with E-state index < -0.39 is 17.7 Å². The Balaban J connectivity index is 1.70. The molecule has 5 heteroatoms. The Kier molecular flexibility index (Phi) is 6.90. The Bertz CT molecular complexity index is 674. The zero-order valence-electron chi connectivity index (χ0n) is 13.5. The van der Waals surface area contributed by atoms with Gasteiger partial charge in [0.1, 0.15) is 18.5 Å². The highest BCUT2D eigenvalue weighted by molar-refractivity contribution is 5.52. The summed E-state index contributed by atoms with van der Waals surface area (Å²) < 4.78 is 31.1. The van der Waals surface area contributed by atoms with Gasteiger partial charge in [-0.1, -0.05) is 42.0 Å². The molecule has 128 valence electrons. The molecule has 0 saturated heterocycles. The fourth-order valence-electron chi connectivity index (χ4n) is 2.14. The van der Waals surface area contributed by atoms with Crippen LogP contribution < -0.4 is 10.1 Å². The van der Waals surface area contributed by atoms with Crippen molar-refractivity contribution in [2.75, 3.05) is 19.7 Å². The van der Waals surface area contributed by atoms with E-state index in [0.717, 1.165) is 23.3 Å². The molecule has 0 fully saturated rings. The van der Waals surface area contributed by atoms with E-state index in [1.807, 2.05) is 37.3 Å². The van der Waals surface area contributed by atoms with E-state index in [9.17, 15) is 13.9 Å². The van der Waals surface area contributed by atoms with E-state index >= 15 is 0 Å². The summed E-state index contributed by atoms with van der Waals surface area (Å²) in [4.78, 5) is 0. The minimum Gasteiger partial charge on any atom is -0.491 e. The van der Waals surface area contributed by atoms with Crippen LogP contribution in [0.2, 0.25) is 0 Å². The van der Waals surface area contributed by atoms with Crippen molar-refractivity contribution in [3.8, 4) is 5.75 Å². The first-order valence-electron chi connectivity index (χ1n) is 7.73. The minimum atomic E-state index is -0.971. The lowest BCUT2D eigenvalue weighted by Crippen LogP contribution is -2.32. The van der Waals surface area contributed by atoms with Gasteiger partial charge in [-0.15, -0.1) is 0 Å². The predicted molar refractivity (Wildman–Crippen MR) is 90.8 cm³/mol. The minimum absolute atomic E-state index is 0.000477. The molecule has 0 aromatic heterocycles. The summed E-state index contributed by atoms with van der Waals surface area (Å²) in [5.74, 6) is -1.71. The monoisotopic (exact) mass is 333 g/mol. The van der Waals surface area contributed by atoms with Crippen molar-refractivity contribution in [1.29, 1.82) is 0 Å². The number of halogens is 2. The van der Waals surface area contributed by atoms with Crippen LogP contribution in [-0.2, 0) is 0 Å². The molecule has 0 aliphatic rings. The van der Waals surface area contributed by atoms with Crippen molar-refractivity contribution in [1.82, 2.24) is 5.32 Å². The van der Waals surface area contributed by atoms with E-state index in [1.54, 1.807) is 0 Å². The van der Waals surface area contributed by atoms with Crippen LogP contribution in [0.4, 0.5) is 8.78 Å². The number of ether oxygens (including phenoxy) is 1. The summed E-state index contributed by atoms with van der Waals surface area (Å²) in [6.45, 7) is 2.98. The van der Waals surface area contributed by atoms with Gasteiger partial charge in [0.25, 0.3) is 0 Å². The van der Waals surface area contributed by atoms with Crippen molar-refractivity contribution >= 4 is 6.08 Å². The van der Waals surface area contributed by atoms with E-state index in [1.165, 1.54) is 6.07 Å². The second-order valence-electron chi connectivity index (χ2n) is 5.57. The maximum Gasteiger partial charge on any atom is 0.162 e. The molecule has 0 aliphatic carbocycles. The zero-order chi connectivity index (χ0) is 17.4. The zero-order valence-corrected chi connectivity index (χ0v) is 13.5. The summed E-state index contributed by atoms with van der Waals surface area (Å²) >= 11 is 0. The number of aliphatic hydroxyl groups is 1. The van der Waals surface area contributed by atoms with Crippen LogP contribution >= 0.6 is 0 Å². The number of hydrogen-bond acceptors (Lipinski definition) is 3. The Morgan fingerprint density at radius 2 is 1.92 bits per heavy atom. The fraction of sp³-hybridized carbons (Fsp3) is 0.263. The lowest BCUT2D eigenvalue weighted by molar-refractivity contribution is 0.107. The fourth-order valence-corrected chi connectivity index (χ4v) is 2.14. The van der Waals surface area contributed by atoms with Crippen LogP contribution in [0.25, 0.3) is 6.08 Å². The largest absolute Gasteiger partial charge is 0.491 e.